The molecule has 2 heteroatoms. The van der Waals surface area contributed by atoms with Gasteiger partial charge in [0.15, 0.2) is 0 Å². The molecule has 0 aliphatic carbocycles. The fraction of sp³-hybridized carbons (Fsp3) is 1.00. The third kappa shape index (κ3) is 2.98. The van der Waals surface area contributed by atoms with Gasteiger partial charge in [-0.1, -0.05) is 13.3 Å². The first kappa shape index (κ1) is 12.4. The van der Waals surface area contributed by atoms with Gasteiger partial charge in [0.1, 0.15) is 0 Å². The highest BCUT2D eigenvalue weighted by molar-refractivity contribution is 4.82. The molecule has 0 aromatic heterocycles. The molecule has 2 rings (SSSR count). The van der Waals surface area contributed by atoms with Crippen LogP contribution in [0.5, 0.6) is 0 Å². The number of nitrogens with zero attached hydrogens (tertiary/aromatic N) is 2. The first-order valence-electron chi connectivity index (χ1n) is 7.25. The Kier molecular flexibility index (Phi) is 4.66. The van der Waals surface area contributed by atoms with Crippen LogP contribution in [-0.4, -0.2) is 48.6 Å². The van der Waals surface area contributed by atoms with E-state index >= 15 is 0 Å². The largest absolute Gasteiger partial charge is 0.303 e. The highest BCUT2D eigenvalue weighted by Gasteiger charge is 2.26. The van der Waals surface area contributed by atoms with E-state index in [9.17, 15) is 0 Å². The van der Waals surface area contributed by atoms with Gasteiger partial charge in [-0.25, -0.2) is 0 Å². The van der Waals surface area contributed by atoms with Crippen molar-refractivity contribution >= 4 is 0 Å². The monoisotopic (exact) mass is 224 g/mol. The summed E-state index contributed by atoms with van der Waals surface area (Å²) in [4.78, 5) is 5.32. The number of likely N-dealkylation sites (tertiary alicyclic amines) is 2. The molecule has 2 fully saturated rings. The SMILES string of the molecule is CCCC1CCCN1CC[C@H]1CCCN1C. The summed E-state index contributed by atoms with van der Waals surface area (Å²) in [5.41, 5.74) is 0. The summed E-state index contributed by atoms with van der Waals surface area (Å²) in [5, 5.41) is 0. The molecule has 0 aromatic rings. The second-order valence-electron chi connectivity index (χ2n) is 5.69. The molecule has 0 N–H and O–H groups in total. The van der Waals surface area contributed by atoms with Crippen molar-refractivity contribution in [2.75, 3.05) is 26.7 Å². The average Bonchev–Trinajstić information content (AvgIpc) is 2.86. The Hall–Kier alpha value is -0.0800. The van der Waals surface area contributed by atoms with Crippen LogP contribution in [0.4, 0.5) is 0 Å². The lowest BCUT2D eigenvalue weighted by Crippen LogP contribution is -2.34. The molecule has 0 aromatic carbocycles. The first-order valence-corrected chi connectivity index (χ1v) is 7.25. The van der Waals surface area contributed by atoms with Crippen LogP contribution in [0.1, 0.15) is 51.9 Å². The highest BCUT2D eigenvalue weighted by atomic mass is 15.2. The van der Waals surface area contributed by atoms with Crippen LogP contribution in [0.3, 0.4) is 0 Å². The second kappa shape index (κ2) is 6.02. The van der Waals surface area contributed by atoms with Crippen LogP contribution in [0.2, 0.25) is 0 Å². The van der Waals surface area contributed by atoms with Crippen LogP contribution < -0.4 is 0 Å². The van der Waals surface area contributed by atoms with E-state index in [0.717, 1.165) is 12.1 Å². The standard InChI is InChI=1S/C14H28N2/c1-3-6-14-8-5-11-16(14)12-9-13-7-4-10-15(13)2/h13-14H,3-12H2,1-2H3/t13-,14?/m1/s1. The number of hydrogen-bond donors (Lipinski definition) is 0. The van der Waals surface area contributed by atoms with E-state index in [-0.39, 0.29) is 0 Å². The summed E-state index contributed by atoms with van der Waals surface area (Å²) >= 11 is 0. The smallest absolute Gasteiger partial charge is 0.0105 e. The quantitative estimate of drug-likeness (QED) is 0.708. The topological polar surface area (TPSA) is 6.48 Å². The third-order valence-corrected chi connectivity index (χ3v) is 4.54. The van der Waals surface area contributed by atoms with Crippen molar-refractivity contribution in [3.63, 3.8) is 0 Å². The second-order valence-corrected chi connectivity index (χ2v) is 5.69. The van der Waals surface area contributed by atoms with E-state index in [1.54, 1.807) is 0 Å². The molecular formula is C14H28N2. The Morgan fingerprint density at radius 3 is 2.44 bits per heavy atom. The normalized spacial score (nSPS) is 32.6. The Morgan fingerprint density at radius 2 is 1.75 bits per heavy atom. The van der Waals surface area contributed by atoms with Crippen LogP contribution in [0, 0.1) is 0 Å². The molecule has 0 saturated carbocycles. The van der Waals surface area contributed by atoms with E-state index in [0.29, 0.717) is 0 Å². The van der Waals surface area contributed by atoms with Crippen molar-refractivity contribution in [3.8, 4) is 0 Å². The predicted molar refractivity (Wildman–Crippen MR) is 69.8 cm³/mol. The van der Waals surface area contributed by atoms with E-state index in [1.807, 2.05) is 0 Å². The van der Waals surface area contributed by atoms with Crippen LogP contribution in [0.15, 0.2) is 0 Å². The van der Waals surface area contributed by atoms with Gasteiger partial charge in [0.05, 0.1) is 0 Å². The maximum absolute atomic E-state index is 2.76. The summed E-state index contributed by atoms with van der Waals surface area (Å²) in [7, 11) is 2.30. The molecule has 2 nitrogen and oxygen atoms in total. The molecule has 2 saturated heterocycles. The van der Waals surface area contributed by atoms with Gasteiger partial charge >= 0.3 is 0 Å². The maximum Gasteiger partial charge on any atom is 0.0105 e. The molecule has 0 spiro atoms. The summed E-state index contributed by atoms with van der Waals surface area (Å²) < 4.78 is 0. The van der Waals surface area contributed by atoms with Crippen molar-refractivity contribution < 1.29 is 0 Å². The highest BCUT2D eigenvalue weighted by Crippen LogP contribution is 2.24. The van der Waals surface area contributed by atoms with Gasteiger partial charge in [0, 0.05) is 12.1 Å². The first-order chi connectivity index (χ1) is 7.81. The van der Waals surface area contributed by atoms with Gasteiger partial charge in [-0.05, 0) is 65.2 Å². The molecule has 94 valence electrons. The Bertz CT molecular complexity index is 205. The number of hydrogen-bond acceptors (Lipinski definition) is 2. The third-order valence-electron chi connectivity index (χ3n) is 4.54. The molecule has 1 unspecified atom stereocenters. The summed E-state index contributed by atoms with van der Waals surface area (Å²) in [5.74, 6) is 0. The lowest BCUT2D eigenvalue weighted by molar-refractivity contribution is 0.204. The van der Waals surface area contributed by atoms with Gasteiger partial charge in [0.25, 0.3) is 0 Å². The Balaban J connectivity index is 1.72. The van der Waals surface area contributed by atoms with E-state index < -0.39 is 0 Å². The average molecular weight is 224 g/mol. The molecular weight excluding hydrogens is 196 g/mol. The minimum absolute atomic E-state index is 0.878. The Labute approximate surface area is 101 Å². The van der Waals surface area contributed by atoms with Crippen molar-refractivity contribution in [1.29, 1.82) is 0 Å². The zero-order valence-corrected chi connectivity index (χ0v) is 11.1. The van der Waals surface area contributed by atoms with Gasteiger partial charge in [-0.15, -0.1) is 0 Å². The fourth-order valence-electron chi connectivity index (χ4n) is 3.51. The van der Waals surface area contributed by atoms with E-state index in [4.69, 9.17) is 0 Å². The van der Waals surface area contributed by atoms with Gasteiger partial charge in [-0.2, -0.15) is 0 Å². The van der Waals surface area contributed by atoms with Crippen LogP contribution in [0.25, 0.3) is 0 Å². The van der Waals surface area contributed by atoms with E-state index in [1.165, 1.54) is 64.6 Å². The molecule has 0 bridgehead atoms. The molecule has 2 heterocycles. The number of rotatable bonds is 5. The van der Waals surface area contributed by atoms with Gasteiger partial charge in [0.2, 0.25) is 0 Å². The van der Waals surface area contributed by atoms with Crippen molar-refractivity contribution in [3.05, 3.63) is 0 Å². The van der Waals surface area contributed by atoms with Crippen LogP contribution in [-0.2, 0) is 0 Å². The van der Waals surface area contributed by atoms with Crippen molar-refractivity contribution in [2.45, 2.75) is 64.0 Å². The molecule has 2 aliphatic heterocycles. The summed E-state index contributed by atoms with van der Waals surface area (Å²) in [6, 6.07) is 1.79. The summed E-state index contributed by atoms with van der Waals surface area (Å²) in [6.45, 7) is 6.35. The molecule has 0 amide bonds. The van der Waals surface area contributed by atoms with Crippen LogP contribution >= 0.6 is 0 Å². The minimum atomic E-state index is 0.878. The molecule has 16 heavy (non-hydrogen) atoms. The van der Waals surface area contributed by atoms with Crippen molar-refractivity contribution in [1.82, 2.24) is 9.80 Å². The zero-order valence-electron chi connectivity index (χ0n) is 11.1. The maximum atomic E-state index is 2.76. The molecule has 2 aliphatic rings. The van der Waals surface area contributed by atoms with Gasteiger partial charge < -0.3 is 9.80 Å². The van der Waals surface area contributed by atoms with Gasteiger partial charge in [-0.3, -0.25) is 0 Å². The Morgan fingerprint density at radius 1 is 1.00 bits per heavy atom. The zero-order chi connectivity index (χ0) is 11.4. The molecule has 2 atom stereocenters. The lowest BCUT2D eigenvalue weighted by Gasteiger charge is -2.27. The van der Waals surface area contributed by atoms with Crippen molar-refractivity contribution in [2.24, 2.45) is 0 Å². The minimum Gasteiger partial charge on any atom is -0.303 e. The predicted octanol–water partition coefficient (Wildman–Crippen LogP) is 2.74. The molecule has 0 radical (unpaired) electrons. The summed E-state index contributed by atoms with van der Waals surface area (Å²) in [6.07, 6.45) is 9.91. The fourth-order valence-corrected chi connectivity index (χ4v) is 3.51. The van der Waals surface area contributed by atoms with E-state index in [2.05, 4.69) is 23.8 Å². The lowest BCUT2D eigenvalue weighted by atomic mass is 10.1.